The predicted octanol–water partition coefficient (Wildman–Crippen LogP) is 6.08. The number of halogens is 15. The molecule has 0 saturated carbocycles. The van der Waals surface area contributed by atoms with Gasteiger partial charge in [-0.3, -0.25) is 0 Å². The van der Waals surface area contributed by atoms with Crippen molar-refractivity contribution in [3.63, 3.8) is 0 Å². The quantitative estimate of drug-likeness (QED) is 0.0855. The van der Waals surface area contributed by atoms with Crippen LogP contribution < -0.4 is 12.5 Å². The van der Waals surface area contributed by atoms with Crippen molar-refractivity contribution in [1.29, 1.82) is 0 Å². The van der Waals surface area contributed by atoms with Gasteiger partial charge in [0.25, 0.3) is 0 Å². The van der Waals surface area contributed by atoms with E-state index in [1.807, 2.05) is 0 Å². The highest BCUT2D eigenvalue weighted by molar-refractivity contribution is 7.87. The van der Waals surface area contributed by atoms with Crippen molar-refractivity contribution >= 4 is 30.4 Å². The maximum Gasteiger partial charge on any atom is 0.345 e. The van der Waals surface area contributed by atoms with Crippen LogP contribution in [0.2, 0.25) is 0 Å². The molecule has 0 aliphatic rings. The molecule has 276 valence electrons. The summed E-state index contributed by atoms with van der Waals surface area (Å²) in [5, 5.41) is 0. The zero-order chi connectivity index (χ0) is 38.9. The zero-order valence-corrected chi connectivity index (χ0v) is 25.2. The lowest BCUT2D eigenvalue weighted by Gasteiger charge is -2.15. The summed E-state index contributed by atoms with van der Waals surface area (Å²) < 4.78 is 295. The number of hydrogen-bond acceptors (Lipinski definition) is 9. The van der Waals surface area contributed by atoms with Crippen LogP contribution in [0.3, 0.4) is 0 Å². The summed E-state index contributed by atoms with van der Waals surface area (Å²) in [5.41, 5.74) is 0. The van der Waals surface area contributed by atoms with Crippen molar-refractivity contribution in [3.05, 3.63) is 105 Å². The highest BCUT2D eigenvalue weighted by atomic mass is 32.2. The first-order chi connectivity index (χ1) is 23.3. The van der Waals surface area contributed by atoms with Crippen molar-refractivity contribution < 1.29 is 104 Å². The fourth-order valence-electron chi connectivity index (χ4n) is 3.61. The number of hydrogen-bond donors (Lipinski definition) is 0. The maximum atomic E-state index is 14.2. The van der Waals surface area contributed by atoms with Gasteiger partial charge in [0.1, 0.15) is 0 Å². The zero-order valence-electron chi connectivity index (χ0n) is 22.8. The van der Waals surface area contributed by atoms with Gasteiger partial charge < -0.3 is 12.5 Å². The van der Waals surface area contributed by atoms with Gasteiger partial charge in [-0.05, 0) is 0 Å². The lowest BCUT2D eigenvalue weighted by Crippen LogP contribution is -2.19. The first-order valence-corrected chi connectivity index (χ1v) is 16.0. The van der Waals surface area contributed by atoms with E-state index in [0.29, 0.717) is 0 Å². The standard InChI is InChI=1S/C24H3F15O9S3/c25-7-10(28)16(34)22(17(35)11(7)29)49(40,41)46-4-1-5(47-50(42,43)23-18(36)12(30)8(26)13(31)19(23)37)3-6(2-4)48-51(44,45)24-20(38)14(32)9(27)15(33)21(24)39/h1-3H. The van der Waals surface area contributed by atoms with Gasteiger partial charge in [-0.1, -0.05) is 0 Å². The van der Waals surface area contributed by atoms with Gasteiger partial charge in [0, 0.05) is 18.2 Å². The van der Waals surface area contributed by atoms with E-state index in [4.69, 9.17) is 0 Å². The van der Waals surface area contributed by atoms with E-state index in [1.54, 1.807) is 0 Å². The highest BCUT2D eigenvalue weighted by Crippen LogP contribution is 2.37. The topological polar surface area (TPSA) is 130 Å². The van der Waals surface area contributed by atoms with Crippen LogP contribution in [-0.4, -0.2) is 25.3 Å². The summed E-state index contributed by atoms with van der Waals surface area (Å²) in [4.78, 5) is -8.39. The summed E-state index contributed by atoms with van der Waals surface area (Å²) in [5.74, 6) is -50.4. The maximum absolute atomic E-state index is 14.2. The average molecular weight is 816 g/mol. The molecule has 0 aliphatic heterocycles. The first kappa shape index (κ1) is 38.9. The minimum absolute atomic E-state index is 0.245. The van der Waals surface area contributed by atoms with Crippen LogP contribution in [-0.2, 0) is 30.4 Å². The summed E-state index contributed by atoms with van der Waals surface area (Å²) in [7, 11) is -19.3. The van der Waals surface area contributed by atoms with Gasteiger partial charge in [0.05, 0.1) is 0 Å². The van der Waals surface area contributed by atoms with Gasteiger partial charge in [-0.25, -0.2) is 65.9 Å². The second-order valence-electron chi connectivity index (χ2n) is 8.95. The van der Waals surface area contributed by atoms with Crippen molar-refractivity contribution in [2.24, 2.45) is 0 Å². The molecular weight excluding hydrogens is 813 g/mol. The molecule has 0 radical (unpaired) electrons. The Labute approximate surface area is 271 Å². The fourth-order valence-corrected chi connectivity index (χ4v) is 6.76. The molecule has 4 rings (SSSR count). The molecule has 0 aliphatic carbocycles. The Hall–Kier alpha value is -4.92. The molecule has 0 N–H and O–H groups in total. The largest absolute Gasteiger partial charge is 0.379 e. The Bertz CT molecular complexity index is 2140. The highest BCUT2D eigenvalue weighted by Gasteiger charge is 2.39. The molecule has 27 heteroatoms. The first-order valence-electron chi connectivity index (χ1n) is 11.8. The van der Waals surface area contributed by atoms with Crippen LogP contribution in [0.15, 0.2) is 32.9 Å². The Morgan fingerprint density at radius 3 is 0.569 bits per heavy atom. The summed E-state index contributed by atoms with van der Waals surface area (Å²) in [6.07, 6.45) is 0. The van der Waals surface area contributed by atoms with Crippen LogP contribution in [0, 0.1) is 87.3 Å². The number of rotatable bonds is 9. The smallest absolute Gasteiger partial charge is 0.345 e. The molecule has 9 nitrogen and oxygen atoms in total. The summed E-state index contributed by atoms with van der Waals surface area (Å²) >= 11 is 0. The third-order valence-corrected chi connectivity index (χ3v) is 9.54. The summed E-state index contributed by atoms with van der Waals surface area (Å²) in [6.45, 7) is 0. The molecule has 0 atom stereocenters. The molecule has 0 aromatic heterocycles. The molecule has 0 spiro atoms. The number of benzene rings is 4. The van der Waals surface area contributed by atoms with Crippen molar-refractivity contribution in [1.82, 2.24) is 0 Å². The fraction of sp³-hybridized carbons (Fsp3) is 0. The van der Waals surface area contributed by atoms with E-state index in [2.05, 4.69) is 12.5 Å². The van der Waals surface area contributed by atoms with Crippen LogP contribution in [0.1, 0.15) is 0 Å². The molecule has 0 fully saturated rings. The van der Waals surface area contributed by atoms with Crippen LogP contribution in [0.25, 0.3) is 0 Å². The van der Waals surface area contributed by atoms with Gasteiger partial charge in [0.15, 0.2) is 102 Å². The summed E-state index contributed by atoms with van der Waals surface area (Å²) in [6, 6.07) is -0.735. The second-order valence-corrected chi connectivity index (χ2v) is 13.4. The molecule has 4 aromatic rings. The minimum Gasteiger partial charge on any atom is -0.379 e. The predicted molar refractivity (Wildman–Crippen MR) is 129 cm³/mol. The van der Waals surface area contributed by atoms with E-state index in [1.165, 1.54) is 0 Å². The van der Waals surface area contributed by atoms with E-state index < -0.39 is 150 Å². The molecule has 51 heavy (non-hydrogen) atoms. The third kappa shape index (κ3) is 6.66. The third-order valence-electron chi connectivity index (χ3n) is 5.73. The SMILES string of the molecule is O=S(=O)(Oc1cc(OS(=O)(=O)c2c(F)c(F)c(F)c(F)c2F)cc(OS(=O)(=O)c2c(F)c(F)c(F)c(F)c2F)c1)c1c(F)c(F)c(F)c(F)c1F. The van der Waals surface area contributed by atoms with Gasteiger partial charge in [-0.2, -0.15) is 25.3 Å². The molecule has 0 unspecified atom stereocenters. The monoisotopic (exact) mass is 816 g/mol. The molecular formula is C24H3F15O9S3. The van der Waals surface area contributed by atoms with Crippen molar-refractivity contribution in [3.8, 4) is 17.2 Å². The van der Waals surface area contributed by atoms with Gasteiger partial charge >= 0.3 is 30.4 Å². The molecule has 0 heterocycles. The molecule has 0 saturated heterocycles. The second kappa shape index (κ2) is 13.0. The lowest BCUT2D eigenvalue weighted by molar-refractivity contribution is 0.352. The Balaban J connectivity index is 1.94. The minimum atomic E-state index is -6.45. The lowest BCUT2D eigenvalue weighted by atomic mass is 10.3. The van der Waals surface area contributed by atoms with Crippen LogP contribution in [0.4, 0.5) is 65.9 Å². The van der Waals surface area contributed by atoms with E-state index in [0.717, 1.165) is 0 Å². The van der Waals surface area contributed by atoms with E-state index in [9.17, 15) is 91.1 Å². The van der Waals surface area contributed by atoms with Gasteiger partial charge in [0.2, 0.25) is 17.5 Å². The van der Waals surface area contributed by atoms with Crippen molar-refractivity contribution in [2.75, 3.05) is 0 Å². The molecule has 0 bridgehead atoms. The van der Waals surface area contributed by atoms with E-state index >= 15 is 0 Å². The Morgan fingerprint density at radius 1 is 0.275 bits per heavy atom. The Morgan fingerprint density at radius 2 is 0.412 bits per heavy atom. The van der Waals surface area contributed by atoms with Gasteiger partial charge in [-0.15, -0.1) is 0 Å². The van der Waals surface area contributed by atoms with Crippen LogP contribution in [0.5, 0.6) is 17.2 Å². The Kier molecular flexibility index (Phi) is 9.91. The van der Waals surface area contributed by atoms with Crippen molar-refractivity contribution in [2.45, 2.75) is 14.7 Å². The molecule has 0 amide bonds. The average Bonchev–Trinajstić information content (AvgIpc) is 3.01. The normalized spacial score (nSPS) is 12.3. The van der Waals surface area contributed by atoms with E-state index in [-0.39, 0.29) is 18.2 Å². The molecule has 4 aromatic carbocycles. The van der Waals surface area contributed by atoms with Crippen LogP contribution >= 0.6 is 0 Å².